The van der Waals surface area contributed by atoms with Gasteiger partial charge in [0.25, 0.3) is 0 Å². The summed E-state index contributed by atoms with van der Waals surface area (Å²) in [6.07, 6.45) is 0. The van der Waals surface area contributed by atoms with Crippen LogP contribution in [0.4, 0.5) is 0 Å². The Morgan fingerprint density at radius 2 is 2.00 bits per heavy atom. The molecule has 0 saturated heterocycles. The van der Waals surface area contributed by atoms with Gasteiger partial charge in [0.15, 0.2) is 2.14 Å². The third-order valence-corrected chi connectivity index (χ3v) is 2.79. The van der Waals surface area contributed by atoms with Gasteiger partial charge >= 0.3 is 0 Å². The van der Waals surface area contributed by atoms with Gasteiger partial charge in [0.2, 0.25) is 0 Å². The minimum absolute atomic E-state index is 0.186. The maximum absolute atomic E-state index is 7.87. The number of aromatic nitrogens is 1. The quantitative estimate of drug-likeness (QED) is 0.603. The van der Waals surface area contributed by atoms with E-state index in [1.54, 1.807) is 12.1 Å². The van der Waals surface area contributed by atoms with E-state index in [1.165, 1.54) is 6.07 Å². The second-order valence-corrected chi connectivity index (χ2v) is 9.41. The lowest BCUT2D eigenvalue weighted by Crippen LogP contribution is -2.00. The molecule has 4 heteroatoms. The number of nitrogens with zero attached hydrogens (tertiary/aromatic N) is 1. The standard InChI is InChI=1S/C10H6Br3N/c11-10(12,13)9-6-5-7-3-1-2-4-8(7)14-9/h1-6H/i1+1D,2+1,3+1,4+1D,6D,7+1,8+1,14+1. The molecule has 0 N–H and O–H groups in total. The van der Waals surface area contributed by atoms with Crippen molar-refractivity contribution in [1.82, 2.24) is 4.98 Å². The summed E-state index contributed by atoms with van der Waals surface area (Å²) in [5.74, 6) is 0. The maximum Gasteiger partial charge on any atom is 0.176 e. The molecule has 0 amide bonds. The van der Waals surface area contributed by atoms with E-state index >= 15 is 0 Å². The molecule has 0 aliphatic rings. The van der Waals surface area contributed by atoms with Crippen molar-refractivity contribution in [2.45, 2.75) is 2.14 Å². The highest BCUT2D eigenvalue weighted by Gasteiger charge is 2.22. The van der Waals surface area contributed by atoms with E-state index in [2.05, 4.69) is 52.8 Å². The van der Waals surface area contributed by atoms with Gasteiger partial charge in [-0.25, -0.2) is 4.98 Å². The minimum Gasteiger partial charge on any atom is -0.249 e. The van der Waals surface area contributed by atoms with Crippen molar-refractivity contribution in [1.29, 1.82) is 0 Å². The largest absolute Gasteiger partial charge is 0.249 e. The summed E-state index contributed by atoms with van der Waals surface area (Å²) in [6.45, 7) is 0. The molecule has 0 atom stereocenters. The first-order valence-corrected chi connectivity index (χ1v) is 6.13. The number of pyridine rings is 1. The van der Waals surface area contributed by atoms with Crippen LogP contribution in [-0.2, 0) is 2.14 Å². The van der Waals surface area contributed by atoms with Crippen LogP contribution >= 0.6 is 47.8 Å². The van der Waals surface area contributed by atoms with Gasteiger partial charge in [-0.1, -0.05) is 72.0 Å². The third kappa shape index (κ3) is 2.18. The molecule has 0 radical (unpaired) electrons. The number of benzene rings is 1. The van der Waals surface area contributed by atoms with Gasteiger partial charge < -0.3 is 0 Å². The first-order valence-electron chi connectivity index (χ1n) is 5.25. The Balaban J connectivity index is 2.81. The first kappa shape index (κ1) is 7.36. The average molecular weight is 390 g/mol. The summed E-state index contributed by atoms with van der Waals surface area (Å²) in [5, 5.41) is 0.632. The van der Waals surface area contributed by atoms with Gasteiger partial charge in [-0.3, -0.25) is 0 Å². The number of rotatable bonds is 0. The predicted molar refractivity (Wildman–Crippen MR) is 70.2 cm³/mol. The molecule has 0 fully saturated rings. The molecule has 2 rings (SSSR count). The van der Waals surface area contributed by atoms with Crippen LogP contribution in [0.5, 0.6) is 0 Å². The van der Waals surface area contributed by atoms with Crippen molar-refractivity contribution >= 4 is 58.7 Å². The highest BCUT2D eigenvalue weighted by Crippen LogP contribution is 2.43. The normalized spacial score (nSPS) is 14.9. The van der Waals surface area contributed by atoms with Crippen LogP contribution in [0, 0.1) is 0 Å². The number of para-hydroxylation sites is 1. The Bertz CT molecular complexity index is 595. The van der Waals surface area contributed by atoms with Crippen LogP contribution < -0.4 is 0 Å². The molecule has 0 bridgehead atoms. The Labute approximate surface area is 112 Å². The predicted octanol–water partition coefficient (Wildman–Crippen LogP) is 4.53. The molecule has 1 nitrogen and oxygen atoms in total. The fraction of sp³-hybridized carbons (Fsp3) is 0.100. The van der Waals surface area contributed by atoms with Crippen molar-refractivity contribution in [3.8, 4) is 0 Å². The van der Waals surface area contributed by atoms with Gasteiger partial charge in [0.05, 0.1) is 15.3 Å². The van der Waals surface area contributed by atoms with Crippen molar-refractivity contribution in [2.75, 3.05) is 0 Å². The molecular formula is C10H6Br3N. The fourth-order valence-electron chi connectivity index (χ4n) is 1.04. The lowest BCUT2D eigenvalue weighted by molar-refractivity contribution is 1.20. The molecule has 0 saturated carbocycles. The number of alkyl halides is 3. The van der Waals surface area contributed by atoms with Crippen molar-refractivity contribution in [3.63, 3.8) is 0 Å². The molecule has 0 aliphatic heterocycles. The fourth-order valence-corrected chi connectivity index (χ4v) is 1.64. The Morgan fingerprint density at radius 3 is 2.71 bits per heavy atom. The summed E-state index contributed by atoms with van der Waals surface area (Å²) >= 11 is 9.94. The molecule has 0 aliphatic carbocycles. The number of hydrogen-bond acceptors (Lipinski definition) is 1. The lowest BCUT2D eigenvalue weighted by atomic mass is 10.5. The summed E-state index contributed by atoms with van der Waals surface area (Å²) in [6, 6.07) is 5.30. The molecule has 0 unspecified atom stereocenters. The number of fused-ring (bicyclic) bond motifs is 1. The Kier molecular flexibility index (Phi) is 2.06. The molecule has 0 spiro atoms. The summed E-state index contributed by atoms with van der Waals surface area (Å²) < 4.78 is 22.4. The zero-order chi connectivity index (χ0) is 12.8. The van der Waals surface area contributed by atoms with Gasteiger partial charge in [-0.2, -0.15) is 0 Å². The zero-order valence-corrected chi connectivity index (χ0v) is 11.6. The van der Waals surface area contributed by atoms with Gasteiger partial charge in [0, 0.05) is 5.39 Å². The van der Waals surface area contributed by atoms with Crippen molar-refractivity contribution in [3.05, 3.63) is 42.0 Å². The van der Waals surface area contributed by atoms with E-state index in [9.17, 15) is 0 Å². The molecule has 2 aromatic rings. The molecular weight excluding hydrogens is 381 g/mol. The van der Waals surface area contributed by atoms with E-state index in [0.29, 0.717) is 16.6 Å². The van der Waals surface area contributed by atoms with E-state index in [0.717, 1.165) is 0 Å². The smallest absolute Gasteiger partial charge is 0.176 e. The van der Waals surface area contributed by atoms with Gasteiger partial charge in [-0.05, 0) is 12.1 Å². The molecule has 1 aromatic carbocycles. The first-order chi connectivity index (χ1) is 7.79. The van der Waals surface area contributed by atoms with Gasteiger partial charge in [0.1, 0.15) is 0 Å². The molecule has 14 heavy (non-hydrogen) atoms. The lowest BCUT2D eigenvalue weighted by Gasteiger charge is -2.11. The van der Waals surface area contributed by atoms with E-state index in [-0.39, 0.29) is 18.1 Å². The van der Waals surface area contributed by atoms with Crippen LogP contribution in [0.25, 0.3) is 10.9 Å². The van der Waals surface area contributed by atoms with E-state index in [1.807, 2.05) is 0 Å². The topological polar surface area (TPSA) is 12.9 Å². The van der Waals surface area contributed by atoms with Crippen molar-refractivity contribution < 1.29 is 4.11 Å². The van der Waals surface area contributed by atoms with Crippen LogP contribution in [0.2, 0.25) is 0 Å². The SMILES string of the molecule is [2H]c1c[13c]2[13cH][13c]([2H])[13cH][13c]([2H])[13c]2[15n]c1C(Br)(Br)Br. The molecule has 1 heterocycles. The summed E-state index contributed by atoms with van der Waals surface area (Å²) in [4.78, 5) is 4.29. The van der Waals surface area contributed by atoms with E-state index < -0.39 is 2.14 Å². The highest BCUT2D eigenvalue weighted by atomic mass is 80.0. The monoisotopic (exact) mass is 387 g/mol. The summed E-state index contributed by atoms with van der Waals surface area (Å²) in [7, 11) is 0. The second kappa shape index (κ2) is 3.91. The minimum atomic E-state index is -0.773. The number of halogens is 3. The van der Waals surface area contributed by atoms with Crippen LogP contribution in [0.15, 0.2) is 36.3 Å². The Morgan fingerprint density at radius 1 is 1.21 bits per heavy atom. The molecule has 1 aromatic heterocycles. The van der Waals surface area contributed by atoms with Crippen molar-refractivity contribution in [2.24, 2.45) is 0 Å². The molecule has 72 valence electrons. The van der Waals surface area contributed by atoms with Crippen LogP contribution in [0.3, 0.4) is 0 Å². The van der Waals surface area contributed by atoms with E-state index in [4.69, 9.17) is 4.11 Å². The van der Waals surface area contributed by atoms with Gasteiger partial charge in [-0.15, -0.1) is 0 Å². The van der Waals surface area contributed by atoms with Crippen LogP contribution in [-0.4, -0.2) is 4.98 Å². The number of hydrogen-bond donors (Lipinski definition) is 0. The van der Waals surface area contributed by atoms with Crippen LogP contribution in [0.1, 0.15) is 9.81 Å². The third-order valence-electron chi connectivity index (χ3n) is 1.66. The summed E-state index contributed by atoms with van der Waals surface area (Å²) in [5.41, 5.74) is 0.922. The second-order valence-electron chi connectivity index (χ2n) is 2.65. The highest BCUT2D eigenvalue weighted by molar-refractivity contribution is 9.38. The average Bonchev–Trinajstić information content (AvgIpc) is 2.13. The Hall–Kier alpha value is 0.0700. The maximum atomic E-state index is 7.87. The zero-order valence-electron chi connectivity index (χ0n) is 9.81.